The molecule has 2 atom stereocenters. The fraction of sp³-hybridized carbons (Fsp3) is 0.556. The van der Waals surface area contributed by atoms with Crippen molar-refractivity contribution in [3.63, 3.8) is 0 Å². The fourth-order valence-electron chi connectivity index (χ4n) is 2.59. The van der Waals surface area contributed by atoms with Crippen LogP contribution in [0.3, 0.4) is 0 Å². The summed E-state index contributed by atoms with van der Waals surface area (Å²) in [6, 6.07) is 8.22. The van der Waals surface area contributed by atoms with Gasteiger partial charge in [-0.25, -0.2) is 14.0 Å². The predicted octanol–water partition coefficient (Wildman–Crippen LogP) is 3.47. The van der Waals surface area contributed by atoms with E-state index in [1.165, 1.54) is 6.92 Å². The number of likely N-dealkylation sites (tertiary alicyclic amines) is 1. The smallest absolute Gasteiger partial charge is 0.411 e. The molecule has 1 aliphatic rings. The lowest BCUT2D eigenvalue weighted by molar-refractivity contribution is -0.150. The molecule has 0 radical (unpaired) electrons. The summed E-state index contributed by atoms with van der Waals surface area (Å²) in [6.45, 7) is 6.43. The average molecular weight is 337 g/mol. The molecule has 5 nitrogen and oxygen atoms in total. The molecule has 1 aromatic rings. The van der Waals surface area contributed by atoms with Crippen LogP contribution in [0.15, 0.2) is 30.3 Å². The quantitative estimate of drug-likeness (QED) is 0.793. The lowest BCUT2D eigenvalue weighted by Gasteiger charge is -2.27. The molecule has 24 heavy (non-hydrogen) atoms. The van der Waals surface area contributed by atoms with E-state index in [2.05, 4.69) is 0 Å². The molecule has 0 N–H and O–H groups in total. The van der Waals surface area contributed by atoms with Gasteiger partial charge in [-0.3, -0.25) is 4.90 Å². The van der Waals surface area contributed by atoms with Gasteiger partial charge in [0.05, 0.1) is 6.54 Å². The normalized spacial score (nSPS) is 23.9. The van der Waals surface area contributed by atoms with Gasteiger partial charge in [0.2, 0.25) is 0 Å². The van der Waals surface area contributed by atoms with Crippen LogP contribution < -0.4 is 0 Å². The number of benzene rings is 1. The van der Waals surface area contributed by atoms with Gasteiger partial charge in [0.15, 0.2) is 0 Å². The van der Waals surface area contributed by atoms with E-state index in [0.29, 0.717) is 0 Å². The van der Waals surface area contributed by atoms with Crippen molar-refractivity contribution in [2.75, 3.05) is 6.54 Å². The van der Waals surface area contributed by atoms with Gasteiger partial charge in [-0.15, -0.1) is 0 Å². The van der Waals surface area contributed by atoms with Crippen molar-refractivity contribution in [2.24, 2.45) is 0 Å². The fourth-order valence-corrected chi connectivity index (χ4v) is 2.59. The Bertz CT molecular complexity index is 595. The zero-order valence-corrected chi connectivity index (χ0v) is 14.5. The van der Waals surface area contributed by atoms with Crippen LogP contribution in [0.25, 0.3) is 0 Å². The molecule has 1 saturated heterocycles. The molecule has 0 spiro atoms. The number of rotatable bonds is 3. The van der Waals surface area contributed by atoms with Crippen molar-refractivity contribution in [1.82, 2.24) is 4.90 Å². The van der Waals surface area contributed by atoms with Crippen LogP contribution in [0.5, 0.6) is 0 Å². The summed E-state index contributed by atoms with van der Waals surface area (Å²) in [5.74, 6) is -0.619. The summed E-state index contributed by atoms with van der Waals surface area (Å²) in [6.07, 6.45) is -0.801. The number of carbonyl (C=O) groups excluding carboxylic acids is 2. The van der Waals surface area contributed by atoms with E-state index in [0.717, 1.165) is 10.5 Å². The molecule has 0 bridgehead atoms. The van der Waals surface area contributed by atoms with Crippen molar-refractivity contribution in [2.45, 2.75) is 58.0 Å². The molecule has 1 fully saturated rings. The van der Waals surface area contributed by atoms with Gasteiger partial charge in [-0.05, 0) is 33.3 Å². The number of hydrogen-bond acceptors (Lipinski definition) is 4. The third kappa shape index (κ3) is 4.94. The first kappa shape index (κ1) is 18.2. The van der Waals surface area contributed by atoms with Crippen molar-refractivity contribution < 1.29 is 23.5 Å². The van der Waals surface area contributed by atoms with E-state index in [4.69, 9.17) is 9.47 Å². The molecule has 1 amide bonds. The van der Waals surface area contributed by atoms with E-state index >= 15 is 0 Å². The summed E-state index contributed by atoms with van der Waals surface area (Å²) in [4.78, 5) is 25.7. The van der Waals surface area contributed by atoms with Crippen LogP contribution >= 0.6 is 0 Å². The molecule has 1 heterocycles. The van der Waals surface area contributed by atoms with Crippen LogP contribution in [0.2, 0.25) is 0 Å². The van der Waals surface area contributed by atoms with Gasteiger partial charge in [-0.2, -0.15) is 0 Å². The van der Waals surface area contributed by atoms with Crippen LogP contribution in [-0.4, -0.2) is 40.8 Å². The Balaban J connectivity index is 2.04. The topological polar surface area (TPSA) is 55.8 Å². The molecular weight excluding hydrogens is 313 g/mol. The second-order valence-electron chi connectivity index (χ2n) is 7.33. The van der Waals surface area contributed by atoms with E-state index in [-0.39, 0.29) is 19.6 Å². The van der Waals surface area contributed by atoms with Gasteiger partial charge in [-0.1, -0.05) is 30.3 Å². The van der Waals surface area contributed by atoms with Crippen molar-refractivity contribution in [3.8, 4) is 0 Å². The van der Waals surface area contributed by atoms with Gasteiger partial charge >= 0.3 is 12.1 Å². The second kappa shape index (κ2) is 6.79. The highest BCUT2D eigenvalue weighted by Gasteiger charge is 2.48. The number of amides is 1. The summed E-state index contributed by atoms with van der Waals surface area (Å²) < 4.78 is 24.9. The minimum atomic E-state index is -1.65. The van der Waals surface area contributed by atoms with Gasteiger partial charge in [0.25, 0.3) is 0 Å². The number of halogens is 1. The number of alkyl halides is 1. The molecule has 2 rings (SSSR count). The Hall–Kier alpha value is -2.11. The Kier molecular flexibility index (Phi) is 5.16. The first-order valence-electron chi connectivity index (χ1n) is 7.96. The minimum absolute atomic E-state index is 0.0847. The molecule has 1 aliphatic heterocycles. The second-order valence-corrected chi connectivity index (χ2v) is 7.33. The minimum Gasteiger partial charge on any atom is -0.459 e. The number of esters is 1. The highest BCUT2D eigenvalue weighted by atomic mass is 19.1. The largest absolute Gasteiger partial charge is 0.459 e. The highest BCUT2D eigenvalue weighted by Crippen LogP contribution is 2.32. The van der Waals surface area contributed by atoms with Crippen LogP contribution in [0.1, 0.15) is 39.7 Å². The SMILES string of the molecule is CC(C)(C)OC(=O)N1C[C@](C)(F)CC1C(=O)OCc1ccccc1. The summed E-state index contributed by atoms with van der Waals surface area (Å²) in [5, 5.41) is 0. The molecule has 1 unspecified atom stereocenters. The molecule has 132 valence electrons. The summed E-state index contributed by atoms with van der Waals surface area (Å²) in [5.41, 5.74) is -1.53. The Morgan fingerprint density at radius 3 is 2.50 bits per heavy atom. The molecular formula is C18H24FNO4. The Morgan fingerprint density at radius 2 is 1.92 bits per heavy atom. The number of hydrogen-bond donors (Lipinski definition) is 0. The first-order valence-corrected chi connectivity index (χ1v) is 7.96. The number of carbonyl (C=O) groups is 2. The highest BCUT2D eigenvalue weighted by molar-refractivity contribution is 5.82. The third-order valence-corrected chi connectivity index (χ3v) is 3.62. The Labute approximate surface area is 141 Å². The monoisotopic (exact) mass is 337 g/mol. The molecule has 0 aliphatic carbocycles. The molecule has 1 aromatic carbocycles. The number of nitrogens with zero attached hydrogens (tertiary/aromatic N) is 1. The van der Waals surface area contributed by atoms with E-state index < -0.39 is 29.4 Å². The third-order valence-electron chi connectivity index (χ3n) is 3.62. The average Bonchev–Trinajstić information content (AvgIpc) is 2.80. The van der Waals surface area contributed by atoms with Crippen LogP contribution in [-0.2, 0) is 20.9 Å². The molecule has 0 saturated carbocycles. The van der Waals surface area contributed by atoms with Gasteiger partial charge in [0.1, 0.15) is 23.9 Å². The maximum atomic E-state index is 14.4. The van der Waals surface area contributed by atoms with Gasteiger partial charge < -0.3 is 9.47 Å². The van der Waals surface area contributed by atoms with Crippen molar-refractivity contribution in [1.29, 1.82) is 0 Å². The van der Waals surface area contributed by atoms with E-state index in [1.807, 2.05) is 30.3 Å². The predicted molar refractivity (Wildman–Crippen MR) is 87.1 cm³/mol. The lowest BCUT2D eigenvalue weighted by Crippen LogP contribution is -2.44. The summed E-state index contributed by atoms with van der Waals surface area (Å²) in [7, 11) is 0. The van der Waals surface area contributed by atoms with Gasteiger partial charge in [0, 0.05) is 6.42 Å². The molecule has 0 aromatic heterocycles. The van der Waals surface area contributed by atoms with Crippen LogP contribution in [0, 0.1) is 0 Å². The molecule has 6 heteroatoms. The maximum Gasteiger partial charge on any atom is 0.411 e. The first-order chi connectivity index (χ1) is 11.1. The van der Waals surface area contributed by atoms with Crippen LogP contribution in [0.4, 0.5) is 9.18 Å². The Morgan fingerprint density at radius 1 is 1.29 bits per heavy atom. The number of ether oxygens (including phenoxy) is 2. The summed E-state index contributed by atoms with van der Waals surface area (Å²) >= 11 is 0. The van der Waals surface area contributed by atoms with E-state index in [9.17, 15) is 14.0 Å². The lowest BCUT2D eigenvalue weighted by atomic mass is 10.1. The zero-order chi connectivity index (χ0) is 18.0. The zero-order valence-electron chi connectivity index (χ0n) is 14.5. The van der Waals surface area contributed by atoms with Crippen molar-refractivity contribution in [3.05, 3.63) is 35.9 Å². The maximum absolute atomic E-state index is 14.4. The standard InChI is InChI=1S/C18H24FNO4/c1-17(2,3)24-16(22)20-12-18(4,19)10-14(20)15(21)23-11-13-8-6-5-7-9-13/h5-9,14H,10-12H2,1-4H3/t14?,18-/m1/s1. The van der Waals surface area contributed by atoms with Crippen molar-refractivity contribution >= 4 is 12.1 Å². The van der Waals surface area contributed by atoms with E-state index in [1.54, 1.807) is 20.8 Å².